The van der Waals surface area contributed by atoms with E-state index in [9.17, 15) is 0 Å². The van der Waals surface area contributed by atoms with Gasteiger partial charge in [0.2, 0.25) is 0 Å². The van der Waals surface area contributed by atoms with Crippen LogP contribution in [0, 0.1) is 0 Å². The Morgan fingerprint density at radius 2 is 2.40 bits per heavy atom. The number of allylic oxidation sites excluding steroid dienone is 2. The normalized spacial score (nSPS) is 10.6. The van der Waals surface area contributed by atoms with Gasteiger partial charge < -0.3 is 0 Å². The molecule has 0 aromatic rings. The van der Waals surface area contributed by atoms with Gasteiger partial charge in [-0.3, -0.25) is 0 Å². The molecule has 0 aliphatic carbocycles. The number of rotatable bonds is 1. The fourth-order valence-electron chi connectivity index (χ4n) is 0.236. The van der Waals surface area contributed by atoms with Gasteiger partial charge in [-0.2, -0.15) is 0 Å². The van der Waals surface area contributed by atoms with Crippen LogP contribution in [-0.2, 0) is 0 Å². The van der Waals surface area contributed by atoms with Crippen molar-refractivity contribution in [2.75, 3.05) is 0 Å². The Bertz CT molecular complexity index is 30.6. The molecule has 0 aliphatic rings. The predicted molar refractivity (Wildman–Crippen MR) is 29.6 cm³/mol. The van der Waals surface area contributed by atoms with E-state index in [2.05, 4.69) is 19.1 Å². The lowest BCUT2D eigenvalue weighted by atomic mass is 10.6. The van der Waals surface area contributed by atoms with Crippen LogP contribution in [0.15, 0.2) is 12.2 Å². The minimum Gasteiger partial charge on any atom is -0.0924 e. The zero-order chi connectivity index (χ0) is 4.12. The first kappa shape index (κ1) is 4.96. The second-order valence-corrected chi connectivity index (χ2v) is 1.79. The second-order valence-electron chi connectivity index (χ2n) is 0.977. The molecule has 0 bridgehead atoms. The van der Waals surface area contributed by atoms with E-state index >= 15 is 0 Å². The van der Waals surface area contributed by atoms with Crippen molar-refractivity contribution in [3.05, 3.63) is 12.2 Å². The molecule has 0 unspecified atom stereocenters. The molecule has 0 aromatic carbocycles. The summed E-state index contributed by atoms with van der Waals surface area (Å²) in [6.07, 6.45) is 4.28. The highest BCUT2D eigenvalue weighted by atomic mass is 28.1. The lowest BCUT2D eigenvalue weighted by Gasteiger charge is -1.64. The van der Waals surface area contributed by atoms with E-state index in [1.807, 2.05) is 0 Å². The van der Waals surface area contributed by atoms with Crippen LogP contribution in [0.25, 0.3) is 0 Å². The van der Waals surface area contributed by atoms with E-state index in [-0.39, 0.29) is 0 Å². The van der Waals surface area contributed by atoms with Gasteiger partial charge in [-0.05, 0) is 13.0 Å². The molecule has 0 spiro atoms. The third kappa shape index (κ3) is 3.96. The van der Waals surface area contributed by atoms with Crippen LogP contribution in [-0.4, -0.2) is 10.2 Å². The Kier molecular flexibility index (Phi) is 3.92. The van der Waals surface area contributed by atoms with Crippen molar-refractivity contribution in [1.29, 1.82) is 0 Å². The van der Waals surface area contributed by atoms with Crippen molar-refractivity contribution >= 4 is 10.2 Å². The van der Waals surface area contributed by atoms with Gasteiger partial charge >= 0.3 is 0 Å². The summed E-state index contributed by atoms with van der Waals surface area (Å²) in [4.78, 5) is 0. The molecule has 0 aromatic heterocycles. The Morgan fingerprint density at radius 3 is 2.40 bits per heavy atom. The molecule has 0 radical (unpaired) electrons. The molecule has 0 atom stereocenters. The van der Waals surface area contributed by atoms with Gasteiger partial charge in [0.25, 0.3) is 0 Å². The van der Waals surface area contributed by atoms with E-state index < -0.39 is 0 Å². The molecule has 0 amide bonds. The van der Waals surface area contributed by atoms with Crippen molar-refractivity contribution in [2.24, 2.45) is 0 Å². The average molecular weight is 86.2 g/mol. The van der Waals surface area contributed by atoms with E-state index in [1.165, 1.54) is 16.3 Å². The van der Waals surface area contributed by atoms with Crippen LogP contribution in [0.2, 0.25) is 6.04 Å². The van der Waals surface area contributed by atoms with E-state index in [0.717, 1.165) is 0 Å². The summed E-state index contributed by atoms with van der Waals surface area (Å²) < 4.78 is 0. The standard InChI is InChI=1S/C4H10Si/c1-2-3-4-5/h2-3H,4H2,1,5H3/b3-2-. The summed E-state index contributed by atoms with van der Waals surface area (Å²) in [5, 5.41) is 0. The summed E-state index contributed by atoms with van der Waals surface area (Å²) in [5.41, 5.74) is 0. The summed E-state index contributed by atoms with van der Waals surface area (Å²) in [5.74, 6) is 0. The molecular weight excluding hydrogens is 76.1 g/mol. The van der Waals surface area contributed by atoms with Gasteiger partial charge in [0.1, 0.15) is 0 Å². The van der Waals surface area contributed by atoms with E-state index in [4.69, 9.17) is 0 Å². The first-order valence-corrected chi connectivity index (χ1v) is 3.44. The van der Waals surface area contributed by atoms with Gasteiger partial charge in [-0.15, -0.1) is 0 Å². The van der Waals surface area contributed by atoms with Crippen LogP contribution in [0.3, 0.4) is 0 Å². The van der Waals surface area contributed by atoms with Gasteiger partial charge in [0.15, 0.2) is 0 Å². The largest absolute Gasteiger partial charge is 0.0924 e. The molecule has 30 valence electrons. The maximum absolute atomic E-state index is 2.19. The summed E-state index contributed by atoms with van der Waals surface area (Å²) >= 11 is 0. The maximum Gasteiger partial charge on any atom is 0.00754 e. The number of hydrogen-bond acceptors (Lipinski definition) is 0. The predicted octanol–water partition coefficient (Wildman–Crippen LogP) is 0.346. The minimum absolute atomic E-state index is 1.30. The van der Waals surface area contributed by atoms with E-state index in [0.29, 0.717) is 0 Å². The quantitative estimate of drug-likeness (QED) is 0.319. The van der Waals surface area contributed by atoms with Crippen molar-refractivity contribution in [3.8, 4) is 0 Å². The fraction of sp³-hybridized carbons (Fsp3) is 0.500. The Morgan fingerprint density at radius 1 is 1.80 bits per heavy atom. The Labute approximate surface area is 36.3 Å². The fourth-order valence-corrected chi connectivity index (χ4v) is 0.707. The second kappa shape index (κ2) is 3.96. The van der Waals surface area contributed by atoms with Gasteiger partial charge in [0, 0.05) is 10.2 Å². The zero-order valence-corrected chi connectivity index (χ0v) is 5.86. The van der Waals surface area contributed by atoms with E-state index in [1.54, 1.807) is 0 Å². The summed E-state index contributed by atoms with van der Waals surface area (Å²) in [6.45, 7) is 2.05. The molecule has 0 rings (SSSR count). The highest BCUT2D eigenvalue weighted by Gasteiger charge is 1.52. The third-order valence-corrected chi connectivity index (χ3v) is 0.943. The highest BCUT2D eigenvalue weighted by Crippen LogP contribution is 1.70. The maximum atomic E-state index is 2.19. The average Bonchev–Trinajstić information content (AvgIpc) is 1.41. The van der Waals surface area contributed by atoms with Crippen LogP contribution in [0.1, 0.15) is 6.92 Å². The first-order valence-electron chi connectivity index (χ1n) is 2.03. The molecule has 0 fully saturated rings. The lowest BCUT2D eigenvalue weighted by molar-refractivity contribution is 1.63. The van der Waals surface area contributed by atoms with Gasteiger partial charge in [-0.25, -0.2) is 0 Å². The molecule has 0 saturated carbocycles. The Balaban J connectivity index is 2.62. The molecule has 5 heavy (non-hydrogen) atoms. The smallest absolute Gasteiger partial charge is 0.00754 e. The molecule has 0 N–H and O–H groups in total. The van der Waals surface area contributed by atoms with Crippen molar-refractivity contribution in [3.63, 3.8) is 0 Å². The molecule has 0 aliphatic heterocycles. The topological polar surface area (TPSA) is 0 Å². The SMILES string of the molecule is C/C=C\C[SiH3]. The highest BCUT2D eigenvalue weighted by molar-refractivity contribution is 6.09. The zero-order valence-electron chi connectivity index (χ0n) is 3.86. The van der Waals surface area contributed by atoms with Crippen LogP contribution >= 0.6 is 0 Å². The lowest BCUT2D eigenvalue weighted by Crippen LogP contribution is -1.51. The molecule has 1 heteroatoms. The van der Waals surface area contributed by atoms with Crippen LogP contribution in [0.4, 0.5) is 0 Å². The first-order chi connectivity index (χ1) is 2.41. The van der Waals surface area contributed by atoms with Crippen molar-refractivity contribution in [2.45, 2.75) is 13.0 Å². The monoisotopic (exact) mass is 86.1 g/mol. The third-order valence-electron chi connectivity index (χ3n) is 0.471. The molecular formula is C4H10Si. The Hall–Kier alpha value is -0.0431. The molecule has 0 heterocycles. The van der Waals surface area contributed by atoms with Gasteiger partial charge in [-0.1, -0.05) is 12.2 Å². The van der Waals surface area contributed by atoms with Gasteiger partial charge in [0.05, 0.1) is 0 Å². The van der Waals surface area contributed by atoms with Crippen LogP contribution in [0.5, 0.6) is 0 Å². The summed E-state index contributed by atoms with van der Waals surface area (Å²) in [6, 6.07) is 1.30. The summed E-state index contributed by atoms with van der Waals surface area (Å²) in [7, 11) is 1.31. The van der Waals surface area contributed by atoms with Crippen molar-refractivity contribution in [1.82, 2.24) is 0 Å². The van der Waals surface area contributed by atoms with Crippen molar-refractivity contribution < 1.29 is 0 Å². The van der Waals surface area contributed by atoms with Crippen LogP contribution < -0.4 is 0 Å². The molecule has 0 nitrogen and oxygen atoms in total. The molecule has 0 saturated heterocycles. The number of hydrogen-bond donors (Lipinski definition) is 0. The minimum atomic E-state index is 1.30.